The third-order valence-corrected chi connectivity index (χ3v) is 12.6. The minimum Gasteiger partial charge on any atom is -0.455 e. The van der Waals surface area contributed by atoms with Crippen molar-refractivity contribution in [3.05, 3.63) is 194 Å². The predicted octanol–water partition coefficient (Wildman–Crippen LogP) is 16.1. The third-order valence-electron chi connectivity index (χ3n) is 12.6. The highest BCUT2D eigenvalue weighted by atomic mass is 16.3. The zero-order chi connectivity index (χ0) is 37.2. The van der Waals surface area contributed by atoms with Crippen molar-refractivity contribution in [3.63, 3.8) is 0 Å². The SMILES string of the molecule is c1ccc(-c2ccc3ccc4c(-c5ccc(-c6ccc7c(c6)c6ccccc6c6c7ccc7c8ccccc8oc76)c6ccccc56)ccc5ccc2c3c54)cc1. The lowest BCUT2D eigenvalue weighted by atomic mass is 9.85. The van der Waals surface area contributed by atoms with E-state index in [1.165, 1.54) is 109 Å². The maximum Gasteiger partial charge on any atom is 0.143 e. The molecule has 0 spiro atoms. The minimum atomic E-state index is 0.925. The van der Waals surface area contributed by atoms with Crippen molar-refractivity contribution in [2.24, 2.45) is 0 Å². The van der Waals surface area contributed by atoms with E-state index in [0.29, 0.717) is 0 Å². The van der Waals surface area contributed by atoms with Crippen molar-refractivity contribution in [1.29, 1.82) is 0 Å². The van der Waals surface area contributed by atoms with Crippen LogP contribution in [-0.2, 0) is 0 Å². The van der Waals surface area contributed by atoms with Crippen molar-refractivity contribution >= 4 is 97.3 Å². The zero-order valence-corrected chi connectivity index (χ0v) is 30.9. The molecule has 0 bridgehead atoms. The van der Waals surface area contributed by atoms with E-state index < -0.39 is 0 Å². The first-order chi connectivity index (χ1) is 28.3. The van der Waals surface area contributed by atoms with Crippen LogP contribution in [0.25, 0.3) is 131 Å². The van der Waals surface area contributed by atoms with Crippen LogP contribution in [0.1, 0.15) is 0 Å². The van der Waals surface area contributed by atoms with Crippen molar-refractivity contribution in [2.75, 3.05) is 0 Å². The van der Waals surface area contributed by atoms with Crippen molar-refractivity contribution in [1.82, 2.24) is 0 Å². The molecule has 0 atom stereocenters. The number of rotatable bonds is 3. The number of fused-ring (bicyclic) bond motifs is 11. The van der Waals surface area contributed by atoms with E-state index in [-0.39, 0.29) is 0 Å². The number of benzene rings is 12. The molecule has 0 aliphatic heterocycles. The molecule has 0 aliphatic carbocycles. The van der Waals surface area contributed by atoms with E-state index in [9.17, 15) is 0 Å². The molecule has 1 aromatic heterocycles. The molecule has 1 heterocycles. The summed E-state index contributed by atoms with van der Waals surface area (Å²) in [6, 6.07) is 71.6. The van der Waals surface area contributed by atoms with E-state index in [1.807, 2.05) is 6.07 Å². The smallest absolute Gasteiger partial charge is 0.143 e. The van der Waals surface area contributed by atoms with E-state index in [1.54, 1.807) is 0 Å². The Morgan fingerprint density at radius 3 is 1.51 bits per heavy atom. The molecule has 57 heavy (non-hydrogen) atoms. The summed E-state index contributed by atoms with van der Waals surface area (Å²) < 4.78 is 6.60. The fraction of sp³-hybridized carbons (Fsp3) is 0. The number of hydrogen-bond acceptors (Lipinski definition) is 1. The van der Waals surface area contributed by atoms with Crippen LogP contribution in [0, 0.1) is 0 Å². The van der Waals surface area contributed by atoms with Crippen LogP contribution in [0.15, 0.2) is 199 Å². The predicted molar refractivity (Wildman–Crippen MR) is 244 cm³/mol. The summed E-state index contributed by atoms with van der Waals surface area (Å²) in [6.45, 7) is 0. The molecule has 262 valence electrons. The number of furan rings is 1. The summed E-state index contributed by atoms with van der Waals surface area (Å²) in [6.07, 6.45) is 0. The number of hydrogen-bond donors (Lipinski definition) is 0. The highest BCUT2D eigenvalue weighted by Gasteiger charge is 2.19. The summed E-state index contributed by atoms with van der Waals surface area (Å²) in [4.78, 5) is 0. The van der Waals surface area contributed by atoms with E-state index >= 15 is 0 Å². The molecule has 0 amide bonds. The Balaban J connectivity index is 1.02. The maximum absolute atomic E-state index is 6.60. The lowest BCUT2D eigenvalue weighted by Gasteiger charge is -2.18. The topological polar surface area (TPSA) is 13.1 Å². The molecular weight excluding hydrogens is 689 g/mol. The second-order valence-corrected chi connectivity index (χ2v) is 15.5. The fourth-order valence-electron chi connectivity index (χ4n) is 10.1. The van der Waals surface area contributed by atoms with Gasteiger partial charge in [-0.2, -0.15) is 0 Å². The number of para-hydroxylation sites is 1. The molecule has 0 saturated heterocycles. The molecule has 0 radical (unpaired) electrons. The normalized spacial score (nSPS) is 12.2. The Labute approximate surface area is 328 Å². The van der Waals surface area contributed by atoms with Gasteiger partial charge in [-0.15, -0.1) is 0 Å². The second kappa shape index (κ2) is 11.5. The Bertz CT molecular complexity index is 3770. The first-order valence-electron chi connectivity index (χ1n) is 19.8. The van der Waals surface area contributed by atoms with Gasteiger partial charge in [0.15, 0.2) is 0 Å². The highest BCUT2D eigenvalue weighted by Crippen LogP contribution is 2.46. The quantitative estimate of drug-likeness (QED) is 0.166. The van der Waals surface area contributed by atoms with Gasteiger partial charge in [-0.25, -0.2) is 0 Å². The summed E-state index contributed by atoms with van der Waals surface area (Å²) in [7, 11) is 0. The van der Waals surface area contributed by atoms with E-state index in [0.717, 1.165) is 21.9 Å². The van der Waals surface area contributed by atoms with Crippen molar-refractivity contribution in [3.8, 4) is 33.4 Å². The van der Waals surface area contributed by atoms with Gasteiger partial charge in [-0.1, -0.05) is 176 Å². The summed E-state index contributed by atoms with van der Waals surface area (Å²) in [5.41, 5.74) is 9.37. The molecule has 1 nitrogen and oxygen atoms in total. The summed E-state index contributed by atoms with van der Waals surface area (Å²) >= 11 is 0. The Morgan fingerprint density at radius 2 is 0.719 bits per heavy atom. The first kappa shape index (κ1) is 30.8. The molecule has 0 saturated carbocycles. The van der Waals surface area contributed by atoms with Crippen LogP contribution in [0.4, 0.5) is 0 Å². The summed E-state index contributed by atoms with van der Waals surface area (Å²) in [5, 5.41) is 20.0. The Hall–Kier alpha value is -7.48. The standard InChI is InChI=1S/C56H32O/c1-2-10-33(11-3-1)37-23-18-34-21-27-48-43(24-19-35-20-26-47(37)53(34)54(35)48)42-29-28-38(39-12-4-5-13-40(39)42)36-22-25-44-49-30-31-50-45-15-8-9-17-52(45)57-56(50)55(49)46-16-7-6-14-41(46)51(44)32-36/h1-32H. The van der Waals surface area contributed by atoms with Gasteiger partial charge >= 0.3 is 0 Å². The van der Waals surface area contributed by atoms with Crippen LogP contribution in [0.2, 0.25) is 0 Å². The van der Waals surface area contributed by atoms with Gasteiger partial charge in [0.1, 0.15) is 11.2 Å². The highest BCUT2D eigenvalue weighted by molar-refractivity contribution is 6.33. The van der Waals surface area contributed by atoms with Crippen LogP contribution >= 0.6 is 0 Å². The van der Waals surface area contributed by atoms with E-state index in [2.05, 4.69) is 188 Å². The van der Waals surface area contributed by atoms with Gasteiger partial charge in [-0.3, -0.25) is 0 Å². The van der Waals surface area contributed by atoms with Crippen LogP contribution in [-0.4, -0.2) is 0 Å². The average Bonchev–Trinajstić information content (AvgIpc) is 3.67. The molecule has 13 aromatic rings. The van der Waals surface area contributed by atoms with Crippen molar-refractivity contribution < 1.29 is 4.42 Å². The van der Waals surface area contributed by atoms with Gasteiger partial charge < -0.3 is 4.42 Å². The van der Waals surface area contributed by atoms with Gasteiger partial charge in [-0.05, 0) is 122 Å². The fourth-order valence-corrected chi connectivity index (χ4v) is 10.1. The van der Waals surface area contributed by atoms with Gasteiger partial charge in [0.25, 0.3) is 0 Å². The molecule has 0 aliphatic rings. The van der Waals surface area contributed by atoms with Gasteiger partial charge in [0.2, 0.25) is 0 Å². The molecule has 12 aromatic carbocycles. The van der Waals surface area contributed by atoms with Gasteiger partial charge in [0, 0.05) is 16.2 Å². The maximum atomic E-state index is 6.60. The minimum absolute atomic E-state index is 0.925. The van der Waals surface area contributed by atoms with Crippen molar-refractivity contribution in [2.45, 2.75) is 0 Å². The largest absolute Gasteiger partial charge is 0.455 e. The monoisotopic (exact) mass is 720 g/mol. The summed E-state index contributed by atoms with van der Waals surface area (Å²) in [5.74, 6) is 0. The van der Waals surface area contributed by atoms with Crippen LogP contribution < -0.4 is 0 Å². The lowest BCUT2D eigenvalue weighted by molar-refractivity contribution is 0.673. The van der Waals surface area contributed by atoms with Crippen LogP contribution in [0.3, 0.4) is 0 Å². The Morgan fingerprint density at radius 1 is 0.246 bits per heavy atom. The molecule has 1 heteroatoms. The molecule has 0 fully saturated rings. The average molecular weight is 721 g/mol. The molecule has 0 unspecified atom stereocenters. The van der Waals surface area contributed by atoms with Crippen LogP contribution in [0.5, 0.6) is 0 Å². The molecular formula is C56H32O. The lowest BCUT2D eigenvalue weighted by Crippen LogP contribution is -1.91. The van der Waals surface area contributed by atoms with E-state index in [4.69, 9.17) is 4.42 Å². The Kier molecular flexibility index (Phi) is 6.23. The third kappa shape index (κ3) is 4.29. The molecule has 0 N–H and O–H groups in total. The zero-order valence-electron chi connectivity index (χ0n) is 30.9. The van der Waals surface area contributed by atoms with Gasteiger partial charge in [0.05, 0.1) is 0 Å². The molecule has 13 rings (SSSR count). The first-order valence-corrected chi connectivity index (χ1v) is 19.8. The second-order valence-electron chi connectivity index (χ2n) is 15.5.